The fraction of sp³-hybridized carbons (Fsp3) is 0.917. The van der Waals surface area contributed by atoms with E-state index >= 15 is 0 Å². The van der Waals surface area contributed by atoms with Gasteiger partial charge in [0.1, 0.15) is 12.2 Å². The van der Waals surface area contributed by atoms with Gasteiger partial charge in [-0.05, 0) is 82.5 Å². The van der Waals surface area contributed by atoms with Crippen molar-refractivity contribution in [3.05, 3.63) is 0 Å². The molecule has 0 aromatic carbocycles. The van der Waals surface area contributed by atoms with Crippen molar-refractivity contribution in [1.29, 1.82) is 0 Å². The van der Waals surface area contributed by atoms with Crippen LogP contribution in [0.1, 0.15) is 103 Å². The Morgan fingerprint density at radius 2 is 1.07 bits per heavy atom. The van der Waals surface area contributed by atoms with Crippen LogP contribution in [-0.4, -0.2) is 24.1 Å². The first-order chi connectivity index (χ1) is 13.7. The smallest absolute Gasteiger partial charge is 0.310 e. The minimum atomic E-state index is -0.280. The van der Waals surface area contributed by atoms with Gasteiger partial charge in [0.05, 0.1) is 11.8 Å². The molecule has 0 spiro atoms. The number of carbonyl (C=O) groups excluding carboxylic acids is 2. The Balaban J connectivity index is 1.45. The summed E-state index contributed by atoms with van der Waals surface area (Å²) in [6, 6.07) is 0. The molecule has 4 aliphatic carbocycles. The second-order valence-corrected chi connectivity index (χ2v) is 9.81. The molecule has 0 aliphatic heterocycles. The third-order valence-electron chi connectivity index (χ3n) is 7.96. The molecule has 0 aromatic rings. The van der Waals surface area contributed by atoms with Gasteiger partial charge in [-0.3, -0.25) is 9.59 Å². The molecule has 0 saturated heterocycles. The lowest BCUT2D eigenvalue weighted by Crippen LogP contribution is -2.46. The Morgan fingerprint density at radius 1 is 0.536 bits per heavy atom. The van der Waals surface area contributed by atoms with E-state index in [-0.39, 0.29) is 36.0 Å². The van der Waals surface area contributed by atoms with Gasteiger partial charge in [0.15, 0.2) is 0 Å². The van der Waals surface area contributed by atoms with E-state index in [0.717, 1.165) is 70.6 Å². The highest BCUT2D eigenvalue weighted by Crippen LogP contribution is 2.47. The third kappa shape index (κ3) is 4.74. The van der Waals surface area contributed by atoms with E-state index in [1.165, 1.54) is 32.1 Å². The van der Waals surface area contributed by atoms with E-state index in [4.69, 9.17) is 9.47 Å². The maximum absolute atomic E-state index is 13.3. The quantitative estimate of drug-likeness (QED) is 0.589. The first-order valence-corrected chi connectivity index (χ1v) is 12.1. The molecule has 0 aromatic heterocycles. The van der Waals surface area contributed by atoms with Crippen LogP contribution in [0.15, 0.2) is 0 Å². The molecule has 0 N–H and O–H groups in total. The van der Waals surface area contributed by atoms with Crippen molar-refractivity contribution in [3.63, 3.8) is 0 Å². The zero-order valence-electron chi connectivity index (χ0n) is 17.4. The highest BCUT2D eigenvalue weighted by molar-refractivity contribution is 5.83. The van der Waals surface area contributed by atoms with Crippen molar-refractivity contribution >= 4 is 11.9 Å². The van der Waals surface area contributed by atoms with Gasteiger partial charge in [-0.15, -0.1) is 0 Å². The number of carbonyl (C=O) groups is 2. The van der Waals surface area contributed by atoms with Crippen LogP contribution >= 0.6 is 0 Å². The third-order valence-corrected chi connectivity index (χ3v) is 7.96. The summed E-state index contributed by atoms with van der Waals surface area (Å²) >= 11 is 0. The molecule has 158 valence electrons. The summed E-state index contributed by atoms with van der Waals surface area (Å²) in [6.07, 6.45) is 17.8. The van der Waals surface area contributed by atoms with E-state index in [1.54, 1.807) is 0 Å². The summed E-state index contributed by atoms with van der Waals surface area (Å²) in [5.41, 5.74) is 0. The highest BCUT2D eigenvalue weighted by atomic mass is 16.6. The molecule has 0 bridgehead atoms. The largest absolute Gasteiger partial charge is 0.462 e. The van der Waals surface area contributed by atoms with Gasteiger partial charge >= 0.3 is 11.9 Å². The topological polar surface area (TPSA) is 52.6 Å². The SMILES string of the molecule is O=C(OC1CCCCC1)C1CCC2CCCCC2C1C(=O)OC1CCCCC1. The van der Waals surface area contributed by atoms with Gasteiger partial charge in [0, 0.05) is 0 Å². The molecule has 4 heteroatoms. The van der Waals surface area contributed by atoms with Gasteiger partial charge in [-0.25, -0.2) is 0 Å². The molecule has 4 nitrogen and oxygen atoms in total. The number of fused-ring (bicyclic) bond motifs is 1. The molecule has 4 aliphatic rings. The lowest BCUT2D eigenvalue weighted by atomic mass is 9.61. The maximum atomic E-state index is 13.3. The summed E-state index contributed by atoms with van der Waals surface area (Å²) < 4.78 is 11.9. The van der Waals surface area contributed by atoms with Crippen molar-refractivity contribution in [2.45, 2.75) is 115 Å². The summed E-state index contributed by atoms with van der Waals surface area (Å²) in [5, 5.41) is 0. The van der Waals surface area contributed by atoms with E-state index in [2.05, 4.69) is 0 Å². The first-order valence-electron chi connectivity index (χ1n) is 12.1. The molecule has 4 rings (SSSR count). The molecule has 4 unspecified atom stereocenters. The Morgan fingerprint density at radius 3 is 1.71 bits per heavy atom. The molecule has 0 heterocycles. The monoisotopic (exact) mass is 390 g/mol. The van der Waals surface area contributed by atoms with Crippen LogP contribution in [0.3, 0.4) is 0 Å². The van der Waals surface area contributed by atoms with Crippen molar-refractivity contribution in [2.75, 3.05) is 0 Å². The number of esters is 2. The number of ether oxygens (including phenoxy) is 2. The van der Waals surface area contributed by atoms with E-state index in [1.807, 2.05) is 0 Å². The summed E-state index contributed by atoms with van der Waals surface area (Å²) in [5.74, 6) is 0.170. The average Bonchev–Trinajstić information content (AvgIpc) is 2.74. The minimum absolute atomic E-state index is 0.0697. The molecule has 28 heavy (non-hydrogen) atoms. The molecule has 4 fully saturated rings. The second-order valence-electron chi connectivity index (χ2n) is 9.81. The highest BCUT2D eigenvalue weighted by Gasteiger charge is 2.49. The van der Waals surface area contributed by atoms with Crippen molar-refractivity contribution in [3.8, 4) is 0 Å². The zero-order chi connectivity index (χ0) is 19.3. The molecular formula is C24H38O4. The second kappa shape index (κ2) is 9.63. The predicted molar refractivity (Wildman–Crippen MR) is 108 cm³/mol. The van der Waals surface area contributed by atoms with Crippen molar-refractivity contribution in [1.82, 2.24) is 0 Å². The van der Waals surface area contributed by atoms with E-state index in [9.17, 15) is 9.59 Å². The molecule has 4 saturated carbocycles. The van der Waals surface area contributed by atoms with Crippen LogP contribution in [-0.2, 0) is 19.1 Å². The zero-order valence-corrected chi connectivity index (χ0v) is 17.4. The Hall–Kier alpha value is -1.06. The molecule has 0 radical (unpaired) electrons. The Kier molecular flexibility index (Phi) is 6.95. The predicted octanol–water partition coefficient (Wildman–Crippen LogP) is 5.57. The molecule has 0 amide bonds. The minimum Gasteiger partial charge on any atom is -0.462 e. The van der Waals surface area contributed by atoms with Crippen LogP contribution in [0.4, 0.5) is 0 Å². The fourth-order valence-corrected chi connectivity index (χ4v) is 6.40. The van der Waals surface area contributed by atoms with E-state index < -0.39 is 0 Å². The van der Waals surface area contributed by atoms with Crippen LogP contribution in [0.2, 0.25) is 0 Å². The first kappa shape index (κ1) is 20.2. The lowest BCUT2D eigenvalue weighted by molar-refractivity contribution is -0.176. The summed E-state index contributed by atoms with van der Waals surface area (Å²) in [4.78, 5) is 26.4. The summed E-state index contributed by atoms with van der Waals surface area (Å²) in [7, 11) is 0. The van der Waals surface area contributed by atoms with Crippen molar-refractivity contribution < 1.29 is 19.1 Å². The van der Waals surface area contributed by atoms with Gasteiger partial charge < -0.3 is 9.47 Å². The van der Waals surface area contributed by atoms with Crippen LogP contribution in [0, 0.1) is 23.7 Å². The van der Waals surface area contributed by atoms with Crippen molar-refractivity contribution in [2.24, 2.45) is 23.7 Å². The normalized spacial score (nSPS) is 35.0. The Bertz CT molecular complexity index is 533. The van der Waals surface area contributed by atoms with Gasteiger partial charge in [0.2, 0.25) is 0 Å². The van der Waals surface area contributed by atoms with Gasteiger partial charge in [-0.1, -0.05) is 32.1 Å². The summed E-state index contributed by atoms with van der Waals surface area (Å²) in [6.45, 7) is 0. The number of hydrogen-bond donors (Lipinski definition) is 0. The molecule has 4 atom stereocenters. The fourth-order valence-electron chi connectivity index (χ4n) is 6.40. The van der Waals surface area contributed by atoms with E-state index in [0.29, 0.717) is 11.8 Å². The lowest BCUT2D eigenvalue weighted by Gasteiger charge is -2.44. The van der Waals surface area contributed by atoms with Crippen LogP contribution in [0.25, 0.3) is 0 Å². The maximum Gasteiger partial charge on any atom is 0.310 e. The average molecular weight is 391 g/mol. The number of rotatable bonds is 4. The standard InChI is InChI=1S/C24H38O4/c25-23(27-18-10-3-1-4-11-18)21-16-15-17-9-7-8-14-20(17)22(21)24(26)28-19-12-5-2-6-13-19/h17-22H,1-16H2. The Labute approximate surface area is 170 Å². The van der Waals surface area contributed by atoms with Gasteiger partial charge in [0.25, 0.3) is 0 Å². The molecular weight excluding hydrogens is 352 g/mol. The van der Waals surface area contributed by atoms with Crippen LogP contribution < -0.4 is 0 Å². The number of hydrogen-bond acceptors (Lipinski definition) is 4. The van der Waals surface area contributed by atoms with Gasteiger partial charge in [-0.2, -0.15) is 0 Å². The van der Waals surface area contributed by atoms with Crippen LogP contribution in [0.5, 0.6) is 0 Å².